The van der Waals surface area contributed by atoms with Gasteiger partial charge in [-0.25, -0.2) is 0 Å². The minimum atomic E-state index is -2.32. The molecule has 0 N–H and O–H groups in total. The first-order chi connectivity index (χ1) is 49.6. The summed E-state index contributed by atoms with van der Waals surface area (Å²) >= 11 is 4.26. The van der Waals surface area contributed by atoms with Crippen LogP contribution in [-0.2, 0) is 0 Å². The Morgan fingerprint density at radius 1 is 0.255 bits per heavy atom. The summed E-state index contributed by atoms with van der Waals surface area (Å²) in [5.41, 5.74) is 24.3. The molecule has 16 rings (SSSR count). The maximum Gasteiger partial charge on any atom is 0.107 e. The summed E-state index contributed by atoms with van der Waals surface area (Å²) in [5, 5.41) is 7.58. The predicted molar refractivity (Wildman–Crippen MR) is 453 cm³/mol. The second-order valence-corrected chi connectivity index (χ2v) is 44.6. The van der Waals surface area contributed by atoms with Gasteiger partial charge in [0.05, 0.1) is 32.5 Å². The second-order valence-electron chi connectivity index (χ2n) is 30.1. The lowest BCUT2D eigenvalue weighted by Gasteiger charge is -2.42. The Morgan fingerprint density at radius 3 is 1.05 bits per heavy atom. The highest BCUT2D eigenvalue weighted by molar-refractivity contribution is 7.34. The molecule has 0 spiro atoms. The van der Waals surface area contributed by atoms with Crippen LogP contribution < -0.4 is 18.8 Å². The van der Waals surface area contributed by atoms with E-state index in [1.165, 1.54) is 103 Å². The number of para-hydroxylation sites is 4. The number of hydrogen-bond acceptors (Lipinski definition) is 4. The number of anilines is 6. The number of thiophene rings is 2. The van der Waals surface area contributed by atoms with Gasteiger partial charge in [-0.1, -0.05) is 253 Å². The number of hydrogen-bond donors (Lipinski definition) is 0. The SMILES string of the molecule is CC(C)[Si](c1cc2c(N(c3ccc(-c4ccccc4)cc3)c3ccc4c(c3)c3ccccc3n4-c3ccccc3)c3sc([Si](C(C)C)(C(C)C)C(C)C)cc3c(-c3cccc(N(c4ccc(-c5ccccc5)cc4)c4ccc5c(c4)c4ccccc4n5-c4ccccc4)c3)c2s1)(C(C)C)C(C)C. The van der Waals surface area contributed by atoms with E-state index in [4.69, 9.17) is 0 Å². The van der Waals surface area contributed by atoms with Crippen LogP contribution in [0.25, 0.3) is 109 Å². The van der Waals surface area contributed by atoms with Crippen molar-refractivity contribution in [3.63, 3.8) is 0 Å². The summed E-state index contributed by atoms with van der Waals surface area (Å²) < 4.78 is 10.8. The molecule has 0 aliphatic carbocycles. The third-order valence-electron chi connectivity index (χ3n) is 23.0. The van der Waals surface area contributed by atoms with E-state index in [9.17, 15) is 0 Å². The molecule has 12 aromatic carbocycles. The summed E-state index contributed by atoms with van der Waals surface area (Å²) in [5.74, 6) is 0. The third-order valence-corrected chi connectivity index (χ3v) is 41.1. The van der Waals surface area contributed by atoms with Crippen LogP contribution in [0.4, 0.5) is 34.1 Å². The molecular formula is C94H90N4S2Si2. The number of aromatic nitrogens is 2. The lowest BCUT2D eigenvalue weighted by atomic mass is 9.97. The van der Waals surface area contributed by atoms with Crippen LogP contribution in [0.15, 0.2) is 291 Å². The Kier molecular flexibility index (Phi) is 17.6. The first kappa shape index (κ1) is 66.7. The Morgan fingerprint density at radius 2 is 0.598 bits per heavy atom. The average Bonchev–Trinajstić information content (AvgIpc) is 1.53. The minimum Gasteiger partial charge on any atom is -0.310 e. The number of benzene rings is 12. The summed E-state index contributed by atoms with van der Waals surface area (Å²) in [6, 6.07) is 110. The van der Waals surface area contributed by atoms with E-state index in [0.717, 1.165) is 39.8 Å². The quantitative estimate of drug-likeness (QED) is 0.0750. The monoisotopic (exact) mass is 1390 g/mol. The summed E-state index contributed by atoms with van der Waals surface area (Å²) in [7, 11) is -4.64. The van der Waals surface area contributed by atoms with Crippen molar-refractivity contribution in [3.8, 4) is 44.8 Å². The smallest absolute Gasteiger partial charge is 0.107 e. The van der Waals surface area contributed by atoms with Crippen LogP contribution in [0.5, 0.6) is 0 Å². The highest BCUT2D eigenvalue weighted by Gasteiger charge is 2.48. The molecule has 0 amide bonds. The molecule has 0 fully saturated rings. The number of rotatable bonds is 19. The first-order valence-electron chi connectivity index (χ1n) is 36.8. The Labute approximate surface area is 612 Å². The summed E-state index contributed by atoms with van der Waals surface area (Å²) in [4.78, 5) is 5.21. The average molecular weight is 1400 g/mol. The van der Waals surface area contributed by atoms with Crippen LogP contribution >= 0.6 is 22.7 Å². The Bertz CT molecular complexity index is 5590. The lowest BCUT2D eigenvalue weighted by Crippen LogP contribution is -2.54. The molecule has 0 saturated carbocycles. The van der Waals surface area contributed by atoms with Gasteiger partial charge in [0.25, 0.3) is 0 Å². The molecule has 0 bridgehead atoms. The van der Waals surface area contributed by atoms with Gasteiger partial charge < -0.3 is 18.9 Å². The maximum atomic E-state index is 2.76. The molecule has 0 unspecified atom stereocenters. The van der Waals surface area contributed by atoms with Crippen molar-refractivity contribution in [2.45, 2.75) is 116 Å². The van der Waals surface area contributed by atoms with E-state index >= 15 is 0 Å². The molecule has 4 heterocycles. The van der Waals surface area contributed by atoms with Crippen molar-refractivity contribution in [2.24, 2.45) is 0 Å². The zero-order valence-electron chi connectivity index (χ0n) is 60.8. The first-order valence-corrected chi connectivity index (χ1v) is 42.9. The molecule has 4 nitrogen and oxygen atoms in total. The van der Waals surface area contributed by atoms with Crippen molar-refractivity contribution in [1.82, 2.24) is 9.13 Å². The third kappa shape index (κ3) is 10.9. The van der Waals surface area contributed by atoms with E-state index in [1.54, 1.807) is 9.00 Å². The van der Waals surface area contributed by atoms with Crippen LogP contribution in [0.2, 0.25) is 33.2 Å². The molecule has 0 aliphatic rings. The standard InChI is InChI=1S/C94H90N4S2Si2/c1-61(2)101(62(3)4,63(5)6)89-59-83-91(71-34-29-39-76(56-71)95(74-48-44-69(45-49-74)67-30-17-13-18-31-67)77-52-54-87-81(57-77)79-40-25-27-42-85(79)97(87)72-35-21-15-22-36-72)93-84(60-90(99-93)102(64(7)8,65(9)10)66(11)12)92(94(83)100-89)96(75-50-46-70(47-51-75)68-32-19-14-20-33-68)78-53-55-88-82(58-78)80-41-26-28-43-86(80)98(88)73-37-23-16-24-38-73/h13-66H,1-12H3. The van der Waals surface area contributed by atoms with Gasteiger partial charge in [-0.15, -0.1) is 22.7 Å². The number of fused-ring (bicyclic) bond motifs is 8. The van der Waals surface area contributed by atoms with Gasteiger partial charge in [-0.2, -0.15) is 0 Å². The van der Waals surface area contributed by atoms with Crippen LogP contribution in [0.3, 0.4) is 0 Å². The van der Waals surface area contributed by atoms with Crippen molar-refractivity contribution in [3.05, 3.63) is 291 Å². The fourth-order valence-electron chi connectivity index (χ4n) is 18.8. The van der Waals surface area contributed by atoms with Crippen molar-refractivity contribution < 1.29 is 0 Å². The molecule has 0 atom stereocenters. The van der Waals surface area contributed by atoms with Gasteiger partial charge in [0, 0.05) is 82.4 Å². The van der Waals surface area contributed by atoms with E-state index in [2.05, 4.69) is 416 Å². The fraction of sp³-hybridized carbons (Fsp3) is 0.191. The fourth-order valence-corrected chi connectivity index (χ4v) is 39.3. The highest BCUT2D eigenvalue weighted by atomic mass is 32.1. The zero-order chi connectivity index (χ0) is 70.3. The van der Waals surface area contributed by atoms with E-state index in [-0.39, 0.29) is 0 Å². The largest absolute Gasteiger partial charge is 0.310 e. The van der Waals surface area contributed by atoms with Gasteiger partial charge in [0.2, 0.25) is 0 Å². The zero-order valence-corrected chi connectivity index (χ0v) is 64.4. The Balaban J connectivity index is 1.01. The summed E-state index contributed by atoms with van der Waals surface area (Å²) in [6.07, 6.45) is 0. The van der Waals surface area contributed by atoms with Gasteiger partial charge in [0.1, 0.15) is 16.1 Å². The minimum absolute atomic E-state index is 0.495. The molecule has 4 aromatic heterocycles. The van der Waals surface area contributed by atoms with Crippen LogP contribution in [-0.4, -0.2) is 25.3 Å². The van der Waals surface area contributed by atoms with E-state index in [1.807, 2.05) is 0 Å². The normalized spacial score (nSPS) is 12.5. The van der Waals surface area contributed by atoms with Crippen LogP contribution in [0.1, 0.15) is 83.1 Å². The predicted octanol–water partition coefficient (Wildman–Crippen LogP) is 28.0. The molecule has 506 valence electrons. The topological polar surface area (TPSA) is 16.3 Å². The van der Waals surface area contributed by atoms with Gasteiger partial charge >= 0.3 is 0 Å². The van der Waals surface area contributed by atoms with E-state index in [0.29, 0.717) is 33.2 Å². The van der Waals surface area contributed by atoms with Crippen molar-refractivity contribution >= 4 is 146 Å². The van der Waals surface area contributed by atoms with Gasteiger partial charge in [-0.3, -0.25) is 0 Å². The summed E-state index contributed by atoms with van der Waals surface area (Å²) in [6.45, 7) is 30.5. The molecular weight excluding hydrogens is 1310 g/mol. The van der Waals surface area contributed by atoms with Gasteiger partial charge in [0.15, 0.2) is 0 Å². The number of nitrogens with zero attached hydrogens (tertiary/aromatic N) is 4. The van der Waals surface area contributed by atoms with Crippen LogP contribution in [0, 0.1) is 0 Å². The highest BCUT2D eigenvalue weighted by Crippen LogP contribution is 2.56. The Hall–Kier alpha value is -9.81. The molecule has 0 aliphatic heterocycles. The van der Waals surface area contributed by atoms with E-state index < -0.39 is 16.1 Å². The van der Waals surface area contributed by atoms with Crippen molar-refractivity contribution in [2.75, 3.05) is 9.80 Å². The molecule has 16 aromatic rings. The molecule has 0 radical (unpaired) electrons. The molecule has 0 saturated heterocycles. The maximum absolute atomic E-state index is 2.76. The van der Waals surface area contributed by atoms with Crippen molar-refractivity contribution in [1.29, 1.82) is 0 Å². The molecule has 8 heteroatoms. The molecule has 102 heavy (non-hydrogen) atoms. The van der Waals surface area contributed by atoms with Gasteiger partial charge in [-0.05, 0) is 191 Å². The second kappa shape index (κ2) is 26.9. The lowest BCUT2D eigenvalue weighted by molar-refractivity contribution is 0.837.